The number of hydrogen-bond acceptors (Lipinski definition) is 4. The van der Waals surface area contributed by atoms with Crippen molar-refractivity contribution in [3.8, 4) is 28.3 Å². The Hall–Kier alpha value is -4.99. The van der Waals surface area contributed by atoms with Gasteiger partial charge in [0.15, 0.2) is 0 Å². The topological polar surface area (TPSA) is 48.6 Å². The van der Waals surface area contributed by atoms with Gasteiger partial charge in [0.1, 0.15) is 23.2 Å². The van der Waals surface area contributed by atoms with E-state index in [4.69, 9.17) is 19.5 Å². The molecule has 2 aliphatic rings. The van der Waals surface area contributed by atoms with Crippen LogP contribution in [0.3, 0.4) is 0 Å². The van der Waals surface area contributed by atoms with Gasteiger partial charge in [0.25, 0.3) is 0 Å². The number of fused-ring (bicyclic) bond motifs is 9. The van der Waals surface area contributed by atoms with Crippen molar-refractivity contribution in [2.75, 3.05) is 0 Å². The Balaban J connectivity index is 0.00000484. The molecule has 3 heterocycles. The van der Waals surface area contributed by atoms with E-state index in [9.17, 15) is 0 Å². The van der Waals surface area contributed by atoms with Crippen molar-refractivity contribution < 1.29 is 30.5 Å². The summed E-state index contributed by atoms with van der Waals surface area (Å²) in [6, 6.07) is 31.0. The minimum atomic E-state index is -0.694. The molecule has 0 N–H and O–H groups in total. The summed E-state index contributed by atoms with van der Waals surface area (Å²) in [5, 5.41) is 2.29. The molecule has 0 amide bonds. The number of benzene rings is 5. The van der Waals surface area contributed by atoms with Gasteiger partial charge < -0.3 is 14.0 Å². The van der Waals surface area contributed by atoms with E-state index in [2.05, 4.69) is 161 Å². The third kappa shape index (κ3) is 6.47. The summed E-state index contributed by atoms with van der Waals surface area (Å²) in [5.74, 6) is 2.03. The predicted molar refractivity (Wildman–Crippen MR) is 238 cm³/mol. The SMILES string of the molecule is Cc1cc(Oc2[c-]c(C3=N[C@@H]4c5cc(C)c(C)c(C)c5-c5c(cc(C)c(C)c5C)[C@]4(C)O3)cc(C(C)C)c2)[c-]c(-n2c3ccc(C(C)(C)C)cc3c3cccnc32)c1.[Pt+2]. The third-order valence-corrected chi connectivity index (χ3v) is 13.1. The molecule has 2 aromatic heterocycles. The fourth-order valence-corrected chi connectivity index (χ4v) is 9.25. The van der Waals surface area contributed by atoms with E-state index >= 15 is 0 Å². The number of nitrogens with zero attached hydrogens (tertiary/aromatic N) is 3. The zero-order valence-corrected chi connectivity index (χ0v) is 38.8. The Morgan fingerprint density at radius 1 is 0.780 bits per heavy atom. The Morgan fingerprint density at radius 3 is 2.19 bits per heavy atom. The van der Waals surface area contributed by atoms with Crippen LogP contribution in [-0.4, -0.2) is 15.4 Å². The molecule has 2 atom stereocenters. The molecule has 0 saturated carbocycles. The van der Waals surface area contributed by atoms with Crippen molar-refractivity contribution in [3.63, 3.8) is 0 Å². The molecule has 0 unspecified atom stereocenters. The maximum atomic E-state index is 7.17. The fourth-order valence-electron chi connectivity index (χ4n) is 9.25. The van der Waals surface area contributed by atoms with Crippen LogP contribution in [-0.2, 0) is 36.8 Å². The second-order valence-corrected chi connectivity index (χ2v) is 18.4. The number of hydrogen-bond donors (Lipinski definition) is 0. The molecule has 0 radical (unpaired) electrons. The van der Waals surface area contributed by atoms with Crippen LogP contribution < -0.4 is 4.74 Å². The van der Waals surface area contributed by atoms with Gasteiger partial charge in [-0.25, -0.2) is 4.98 Å². The molecule has 59 heavy (non-hydrogen) atoms. The second-order valence-electron chi connectivity index (χ2n) is 18.4. The molecule has 1 aliphatic heterocycles. The quantitative estimate of drug-likeness (QED) is 0.162. The first kappa shape index (κ1) is 40.8. The van der Waals surface area contributed by atoms with E-state index in [0.29, 0.717) is 17.4 Å². The number of ether oxygens (including phenoxy) is 2. The average Bonchev–Trinajstić information content (AvgIpc) is 3.71. The van der Waals surface area contributed by atoms with Crippen molar-refractivity contribution >= 4 is 27.8 Å². The van der Waals surface area contributed by atoms with Crippen LogP contribution in [0.5, 0.6) is 11.5 Å². The van der Waals surface area contributed by atoms with Gasteiger partial charge >= 0.3 is 21.1 Å². The van der Waals surface area contributed by atoms with Crippen LogP contribution in [0.4, 0.5) is 0 Å². The molecule has 0 bridgehead atoms. The summed E-state index contributed by atoms with van der Waals surface area (Å²) in [4.78, 5) is 10.3. The Bertz CT molecular complexity index is 2910. The van der Waals surface area contributed by atoms with E-state index < -0.39 is 5.60 Å². The summed E-state index contributed by atoms with van der Waals surface area (Å²) in [6.07, 6.45) is 1.86. The zero-order chi connectivity index (χ0) is 41.2. The first-order valence-corrected chi connectivity index (χ1v) is 20.6. The minimum absolute atomic E-state index is 0. The number of rotatable bonds is 5. The number of aromatic nitrogens is 2. The molecule has 5 aromatic carbocycles. The monoisotopic (exact) mass is 958 g/mol. The van der Waals surface area contributed by atoms with Gasteiger partial charge in [-0.1, -0.05) is 83.1 Å². The normalized spacial score (nSPS) is 17.1. The van der Waals surface area contributed by atoms with Crippen LogP contribution in [0.2, 0.25) is 0 Å². The van der Waals surface area contributed by atoms with Gasteiger partial charge in [0, 0.05) is 34.0 Å². The molecule has 9 rings (SSSR count). The van der Waals surface area contributed by atoms with Gasteiger partial charge in [-0.05, 0) is 140 Å². The average molecular weight is 959 g/mol. The van der Waals surface area contributed by atoms with Gasteiger partial charge in [-0.2, -0.15) is 5.56 Å². The molecule has 302 valence electrons. The van der Waals surface area contributed by atoms with Crippen molar-refractivity contribution in [3.05, 3.63) is 152 Å². The largest absolute Gasteiger partial charge is 2.00 e. The van der Waals surface area contributed by atoms with Gasteiger partial charge in [-0.3, -0.25) is 4.99 Å². The number of pyridine rings is 1. The van der Waals surface area contributed by atoms with E-state index in [0.717, 1.165) is 38.9 Å². The summed E-state index contributed by atoms with van der Waals surface area (Å²) in [5.41, 5.74) is 19.3. The molecule has 0 saturated heterocycles. The second kappa shape index (κ2) is 14.3. The van der Waals surface area contributed by atoms with E-state index in [1.807, 2.05) is 18.3 Å². The molecule has 1 aliphatic carbocycles. The molecule has 0 spiro atoms. The van der Waals surface area contributed by atoms with Gasteiger partial charge in [0.05, 0.1) is 5.52 Å². The van der Waals surface area contributed by atoms with Gasteiger partial charge in [-0.15, -0.1) is 29.8 Å². The standard InChI is InChI=1S/C53H53N3O2.Pt/c1-28(2)36-23-37(51-55-49-44-21-30(4)32(6)34(8)47(44)48-35(9)33(7)31(5)22-45(48)53(49,13)58-51)25-41(24-36)57-40-20-29(3)19-39(27-40)56-46-17-16-38(52(10,11)12)26-43(46)42-15-14-18-54-50(42)56;/h14-24,26,28,49H,1-13H3;/q-2;+2/t49-,53+;/m1./s1. The summed E-state index contributed by atoms with van der Waals surface area (Å²) < 4.78 is 16.1. The fraction of sp³-hybridized carbons (Fsp3) is 0.321. The van der Waals surface area contributed by atoms with Crippen LogP contribution >= 0.6 is 0 Å². The van der Waals surface area contributed by atoms with Crippen LogP contribution in [0, 0.1) is 60.6 Å². The van der Waals surface area contributed by atoms with Crippen LogP contribution in [0.1, 0.15) is 120 Å². The van der Waals surface area contributed by atoms with E-state index in [1.165, 1.54) is 66.6 Å². The number of aliphatic imine (C=N–C) groups is 1. The predicted octanol–water partition coefficient (Wildman–Crippen LogP) is 13.6. The van der Waals surface area contributed by atoms with Crippen molar-refractivity contribution in [1.29, 1.82) is 0 Å². The number of aryl methyl sites for hydroxylation is 3. The minimum Gasteiger partial charge on any atom is -0.508 e. The Morgan fingerprint density at radius 2 is 1.47 bits per heavy atom. The summed E-state index contributed by atoms with van der Waals surface area (Å²) in [7, 11) is 0. The maximum Gasteiger partial charge on any atom is 2.00 e. The third-order valence-electron chi connectivity index (χ3n) is 13.1. The molecular weight excluding hydrogens is 906 g/mol. The first-order chi connectivity index (χ1) is 27.4. The summed E-state index contributed by atoms with van der Waals surface area (Å²) >= 11 is 0. The Labute approximate surface area is 364 Å². The molecule has 5 nitrogen and oxygen atoms in total. The first-order valence-electron chi connectivity index (χ1n) is 20.6. The summed E-state index contributed by atoms with van der Waals surface area (Å²) in [6.45, 7) is 28.9. The molecule has 7 aromatic rings. The van der Waals surface area contributed by atoms with Crippen LogP contribution in [0.15, 0.2) is 77.9 Å². The maximum absolute atomic E-state index is 7.17. The van der Waals surface area contributed by atoms with E-state index in [1.54, 1.807) is 0 Å². The van der Waals surface area contributed by atoms with Crippen molar-refractivity contribution in [1.82, 2.24) is 9.55 Å². The zero-order valence-electron chi connectivity index (χ0n) is 36.6. The van der Waals surface area contributed by atoms with E-state index in [-0.39, 0.29) is 38.4 Å². The smallest absolute Gasteiger partial charge is 0.508 e. The molecular formula is C53H53N3O2Pt. The molecule has 6 heteroatoms. The van der Waals surface area contributed by atoms with Gasteiger partial charge in [0.2, 0.25) is 0 Å². The van der Waals surface area contributed by atoms with Crippen LogP contribution in [0.25, 0.3) is 38.8 Å². The van der Waals surface area contributed by atoms with Crippen molar-refractivity contribution in [2.45, 2.75) is 113 Å². The van der Waals surface area contributed by atoms with Crippen molar-refractivity contribution in [2.24, 2.45) is 4.99 Å². The molecule has 0 fully saturated rings. The Kier molecular flexibility index (Phi) is 9.91.